The molecule has 4 aromatic heterocycles. The number of para-hydroxylation sites is 3. The molecule has 2 aliphatic heterocycles. The van der Waals surface area contributed by atoms with Gasteiger partial charge in [-0.25, -0.2) is 0 Å². The summed E-state index contributed by atoms with van der Waals surface area (Å²) in [6.07, 6.45) is 0. The van der Waals surface area contributed by atoms with Crippen LogP contribution in [0.25, 0.3) is 138 Å². The maximum atomic E-state index is 7.31. The molecule has 7 heteroatoms. The van der Waals surface area contributed by atoms with Crippen LogP contribution >= 0.6 is 0 Å². The van der Waals surface area contributed by atoms with Crippen LogP contribution in [0.1, 0.15) is 158 Å². The van der Waals surface area contributed by atoms with Gasteiger partial charge in [0, 0.05) is 83.1 Å². The molecule has 0 saturated carbocycles. The number of anilines is 6. The normalized spacial score (nSPS) is 13.5. The molecule has 2 aliphatic rings. The Morgan fingerprint density at radius 1 is 0.231 bits per heavy atom. The molecule has 19 aromatic rings. The van der Waals surface area contributed by atoms with Gasteiger partial charge in [0.05, 0.1) is 49.9 Å². The molecule has 0 radical (unpaired) electrons. The molecule has 15 aromatic carbocycles. The standard InChI is InChI=1S/C114H104BN5O/c1-109(2,3)74-42-51-93-86(63-74)87-64-75(110(4,5)6)43-52-94(87)117(93)81-46-49-90-98(67-81)119(100-58-73(69-32-22-19-23-33-69)61-104-105(100)85-39-29-31-41-103(85)121-104)101-59-72(71-56-78(113(13,14)15)62-79(57-71)114(16,17)18)60-102-107(101)115(90)91-50-47-82(118-95-53-44-76(111(7,8)9)65-88(95)89-66-77(112(10,11)12)45-54-96(89)118)68-99(91)120(102)108-83(70-34-24-20-25-35-70)48-55-97-106(108)84-38-28-30-40-92(84)116(97)80-36-26-21-27-37-80/h19-68H,1-18H3. The zero-order valence-corrected chi connectivity index (χ0v) is 73.1. The van der Waals surface area contributed by atoms with E-state index in [1.54, 1.807) is 0 Å². The minimum Gasteiger partial charge on any atom is -0.456 e. The molecule has 0 unspecified atom stereocenters. The van der Waals surface area contributed by atoms with Gasteiger partial charge in [-0.2, -0.15) is 0 Å². The van der Waals surface area contributed by atoms with Crippen molar-refractivity contribution in [1.82, 2.24) is 13.7 Å². The predicted octanol–water partition coefficient (Wildman–Crippen LogP) is 29.7. The number of nitrogens with zero attached hydrogens (tertiary/aromatic N) is 5. The van der Waals surface area contributed by atoms with Crippen LogP contribution in [0.3, 0.4) is 0 Å². The molecule has 0 fully saturated rings. The van der Waals surface area contributed by atoms with Crippen molar-refractivity contribution in [2.24, 2.45) is 0 Å². The van der Waals surface area contributed by atoms with Crippen molar-refractivity contribution in [1.29, 1.82) is 0 Å². The molecular weight excluding hydrogens is 1470 g/mol. The summed E-state index contributed by atoms with van der Waals surface area (Å²) in [6, 6.07) is 117. The van der Waals surface area contributed by atoms with E-state index in [-0.39, 0.29) is 39.2 Å². The first-order valence-corrected chi connectivity index (χ1v) is 43.4. The fraction of sp³-hybridized carbons (Fsp3) is 0.211. The van der Waals surface area contributed by atoms with E-state index < -0.39 is 0 Å². The zero-order valence-electron chi connectivity index (χ0n) is 73.1. The second-order valence-electron chi connectivity index (χ2n) is 40.7. The zero-order chi connectivity index (χ0) is 83.6. The molecule has 594 valence electrons. The lowest BCUT2D eigenvalue weighted by atomic mass is 9.33. The first-order chi connectivity index (χ1) is 57.8. The van der Waals surface area contributed by atoms with Gasteiger partial charge in [0.25, 0.3) is 6.71 Å². The molecule has 0 bridgehead atoms. The van der Waals surface area contributed by atoms with Gasteiger partial charge in [0.15, 0.2) is 0 Å². The van der Waals surface area contributed by atoms with Crippen LogP contribution in [-0.2, 0) is 32.5 Å². The van der Waals surface area contributed by atoms with Gasteiger partial charge in [-0.1, -0.05) is 301 Å². The third kappa shape index (κ3) is 12.2. The lowest BCUT2D eigenvalue weighted by molar-refractivity contribution is 0.569. The number of furan rings is 1. The van der Waals surface area contributed by atoms with Crippen molar-refractivity contribution >= 4 is 145 Å². The number of hydrogen-bond donors (Lipinski definition) is 0. The summed E-state index contributed by atoms with van der Waals surface area (Å²) in [7, 11) is 0. The molecule has 0 amide bonds. The average Bonchev–Trinajstić information content (AvgIpc) is 1.63. The summed E-state index contributed by atoms with van der Waals surface area (Å²) < 4.78 is 15.0. The Balaban J connectivity index is 0.968. The Morgan fingerprint density at radius 3 is 1.12 bits per heavy atom. The van der Waals surface area contributed by atoms with Crippen LogP contribution in [-0.4, -0.2) is 20.4 Å². The van der Waals surface area contributed by atoms with Gasteiger partial charge in [0.1, 0.15) is 11.2 Å². The highest BCUT2D eigenvalue weighted by Gasteiger charge is 2.46. The molecule has 0 aliphatic carbocycles. The van der Waals surface area contributed by atoms with Gasteiger partial charge in [0.2, 0.25) is 0 Å². The lowest BCUT2D eigenvalue weighted by Gasteiger charge is -2.45. The summed E-state index contributed by atoms with van der Waals surface area (Å²) in [4.78, 5) is 5.46. The SMILES string of the molecule is CC(C)(C)c1cc(-c2cc3c4c(c2)N(c2c(-c5ccccc5)ccc5c2c2ccccc2n5-c2ccccc2)c2cc(-n5c6ccc(C(C)(C)C)cc6c6cc(C(C)(C)C)ccc65)ccc2B4c2ccc(-n4c5ccc(C(C)(C)C)cc5c5cc(C(C)(C)C)ccc54)cc2N3c2cc(-c3ccccc3)cc3oc4ccccc4c23)cc(C(C)(C)C)c1. The van der Waals surface area contributed by atoms with Crippen molar-refractivity contribution in [3.8, 4) is 50.4 Å². The fourth-order valence-corrected chi connectivity index (χ4v) is 19.8. The molecule has 0 saturated heterocycles. The highest BCUT2D eigenvalue weighted by Crippen LogP contribution is 2.56. The van der Waals surface area contributed by atoms with E-state index in [4.69, 9.17) is 4.42 Å². The predicted molar refractivity (Wildman–Crippen MR) is 519 cm³/mol. The van der Waals surface area contributed by atoms with Crippen molar-refractivity contribution in [2.75, 3.05) is 9.80 Å². The minimum absolute atomic E-state index is 0.0833. The van der Waals surface area contributed by atoms with Gasteiger partial charge in [-0.15, -0.1) is 0 Å². The molecule has 6 heterocycles. The summed E-state index contributed by atoms with van der Waals surface area (Å²) in [5.74, 6) is 0. The minimum atomic E-state index is -0.326. The second kappa shape index (κ2) is 26.8. The van der Waals surface area contributed by atoms with Crippen LogP contribution in [0, 0.1) is 0 Å². The third-order valence-corrected chi connectivity index (χ3v) is 26.5. The number of hydrogen-bond acceptors (Lipinski definition) is 3. The van der Waals surface area contributed by atoms with E-state index in [1.165, 1.54) is 98.8 Å². The maximum absolute atomic E-state index is 7.31. The Bertz CT molecular complexity index is 7330. The van der Waals surface area contributed by atoms with Gasteiger partial charge < -0.3 is 27.9 Å². The van der Waals surface area contributed by atoms with Crippen LogP contribution in [0.2, 0.25) is 0 Å². The smallest absolute Gasteiger partial charge is 0.252 e. The highest BCUT2D eigenvalue weighted by atomic mass is 16.3. The Morgan fingerprint density at radius 2 is 0.620 bits per heavy atom. The Labute approximate surface area is 712 Å². The molecule has 6 nitrogen and oxygen atoms in total. The molecular formula is C114H104BN5O. The monoisotopic (exact) mass is 1570 g/mol. The van der Waals surface area contributed by atoms with Crippen LogP contribution in [0.15, 0.2) is 308 Å². The summed E-state index contributed by atoms with van der Waals surface area (Å²) >= 11 is 0. The van der Waals surface area contributed by atoms with Crippen molar-refractivity contribution in [2.45, 2.75) is 157 Å². The van der Waals surface area contributed by atoms with Crippen LogP contribution in [0.5, 0.6) is 0 Å². The molecule has 0 atom stereocenters. The molecule has 0 N–H and O–H groups in total. The van der Waals surface area contributed by atoms with E-state index in [2.05, 4.69) is 451 Å². The average molecular weight is 1570 g/mol. The van der Waals surface area contributed by atoms with Gasteiger partial charge in [-0.05, 0) is 237 Å². The number of fused-ring (bicyclic) bond motifs is 16. The Hall–Kier alpha value is -12.8. The second-order valence-corrected chi connectivity index (χ2v) is 40.7. The highest BCUT2D eigenvalue weighted by molar-refractivity contribution is 7.00. The van der Waals surface area contributed by atoms with E-state index >= 15 is 0 Å². The Kier molecular flexibility index (Phi) is 16.8. The van der Waals surface area contributed by atoms with Crippen LogP contribution in [0.4, 0.5) is 34.1 Å². The van der Waals surface area contributed by atoms with Crippen LogP contribution < -0.4 is 26.2 Å². The summed E-state index contributed by atoms with van der Waals surface area (Å²) in [6.45, 7) is 42.0. The third-order valence-electron chi connectivity index (χ3n) is 26.5. The maximum Gasteiger partial charge on any atom is 0.252 e. The first-order valence-electron chi connectivity index (χ1n) is 43.4. The summed E-state index contributed by atoms with van der Waals surface area (Å²) in [5, 5.41) is 9.43. The van der Waals surface area contributed by atoms with Gasteiger partial charge in [-0.3, -0.25) is 0 Å². The topological polar surface area (TPSA) is 34.4 Å². The van der Waals surface area contributed by atoms with E-state index in [9.17, 15) is 0 Å². The largest absolute Gasteiger partial charge is 0.456 e. The van der Waals surface area contributed by atoms with Crippen molar-refractivity contribution in [3.63, 3.8) is 0 Å². The molecule has 0 spiro atoms. The quantitative estimate of drug-likeness (QED) is 0.142. The molecule has 121 heavy (non-hydrogen) atoms. The number of aromatic nitrogens is 3. The molecule has 21 rings (SSSR count). The number of rotatable bonds is 8. The van der Waals surface area contributed by atoms with E-state index in [1.807, 2.05) is 0 Å². The van der Waals surface area contributed by atoms with Gasteiger partial charge >= 0.3 is 0 Å². The first kappa shape index (κ1) is 75.6. The fourth-order valence-electron chi connectivity index (χ4n) is 19.8. The van der Waals surface area contributed by atoms with E-state index in [0.717, 1.165) is 123 Å². The summed E-state index contributed by atoms with van der Waals surface area (Å²) in [5.41, 5.74) is 35.8. The lowest BCUT2D eigenvalue weighted by Crippen LogP contribution is -2.61. The van der Waals surface area contributed by atoms with E-state index in [0.29, 0.717) is 0 Å². The number of benzene rings is 15. The van der Waals surface area contributed by atoms with Crippen molar-refractivity contribution < 1.29 is 4.42 Å². The van der Waals surface area contributed by atoms with Crippen molar-refractivity contribution in [3.05, 3.63) is 337 Å².